The Labute approximate surface area is 132 Å². The number of pyridine rings is 1. The monoisotopic (exact) mass is 311 g/mol. The summed E-state index contributed by atoms with van der Waals surface area (Å²) in [6.45, 7) is 7.65. The Morgan fingerprint density at radius 2 is 2.24 bits per heavy atom. The molecule has 1 saturated carbocycles. The smallest absolute Gasteiger partial charge is 0.147 e. The van der Waals surface area contributed by atoms with E-state index in [2.05, 4.69) is 29.0 Å². The average Bonchev–Trinajstić information content (AvgIpc) is 3.25. The predicted molar refractivity (Wildman–Crippen MR) is 88.0 cm³/mol. The molecule has 1 aromatic heterocycles. The van der Waals surface area contributed by atoms with Gasteiger partial charge in [-0.1, -0.05) is 25.4 Å². The van der Waals surface area contributed by atoms with Crippen molar-refractivity contribution in [2.24, 2.45) is 5.92 Å². The first-order chi connectivity index (χ1) is 10.1. The lowest BCUT2D eigenvalue weighted by atomic mass is 10.2. The van der Waals surface area contributed by atoms with Gasteiger partial charge in [0.2, 0.25) is 0 Å². The number of aromatic nitrogens is 1. The highest BCUT2D eigenvalue weighted by Crippen LogP contribution is 2.25. The van der Waals surface area contributed by atoms with E-state index in [9.17, 15) is 0 Å². The lowest BCUT2D eigenvalue weighted by Crippen LogP contribution is -2.32. The highest BCUT2D eigenvalue weighted by atomic mass is 35.5. The Bertz CT molecular complexity index is 449. The van der Waals surface area contributed by atoms with Crippen molar-refractivity contribution >= 4 is 17.4 Å². The van der Waals surface area contributed by atoms with Crippen LogP contribution in [0, 0.1) is 5.92 Å². The van der Waals surface area contributed by atoms with E-state index in [1.807, 2.05) is 12.3 Å². The molecule has 0 unspecified atom stereocenters. The zero-order valence-electron chi connectivity index (χ0n) is 13.2. The van der Waals surface area contributed by atoms with Crippen LogP contribution in [-0.2, 0) is 11.3 Å². The van der Waals surface area contributed by atoms with Gasteiger partial charge in [0.15, 0.2) is 0 Å². The molecule has 0 bridgehead atoms. The predicted octanol–water partition coefficient (Wildman–Crippen LogP) is 3.10. The van der Waals surface area contributed by atoms with Gasteiger partial charge in [-0.05, 0) is 30.4 Å². The summed E-state index contributed by atoms with van der Waals surface area (Å²) in [5.41, 5.74) is 1.15. The molecule has 0 radical (unpaired) electrons. The standard InChI is InChI=1S/C16H26ClN3O/c1-12(2)11-20(6-7-21-3)16-15(17)8-13(10-19-16)9-18-14-4-5-14/h8,10,12,14,18H,4-7,9,11H2,1-3H3. The molecule has 1 N–H and O–H groups in total. The zero-order valence-corrected chi connectivity index (χ0v) is 14.0. The summed E-state index contributed by atoms with van der Waals surface area (Å²) >= 11 is 6.44. The quantitative estimate of drug-likeness (QED) is 0.760. The van der Waals surface area contributed by atoms with E-state index in [0.717, 1.165) is 36.0 Å². The molecular weight excluding hydrogens is 286 g/mol. The molecule has 0 saturated heterocycles. The summed E-state index contributed by atoms with van der Waals surface area (Å²) in [6, 6.07) is 2.72. The van der Waals surface area contributed by atoms with Gasteiger partial charge in [0.25, 0.3) is 0 Å². The summed E-state index contributed by atoms with van der Waals surface area (Å²) in [6.07, 6.45) is 4.51. The SMILES string of the molecule is COCCN(CC(C)C)c1ncc(CNC2CC2)cc1Cl. The minimum absolute atomic E-state index is 0.552. The van der Waals surface area contributed by atoms with Gasteiger partial charge in [-0.2, -0.15) is 0 Å². The molecule has 21 heavy (non-hydrogen) atoms. The largest absolute Gasteiger partial charge is 0.383 e. The number of rotatable bonds is 9. The highest BCUT2D eigenvalue weighted by molar-refractivity contribution is 6.33. The van der Waals surface area contributed by atoms with Crippen LogP contribution in [0.5, 0.6) is 0 Å². The van der Waals surface area contributed by atoms with Crippen LogP contribution in [0.3, 0.4) is 0 Å². The second-order valence-corrected chi connectivity index (χ2v) is 6.54. The van der Waals surface area contributed by atoms with Crippen LogP contribution in [0.2, 0.25) is 5.02 Å². The molecule has 0 amide bonds. The first-order valence-electron chi connectivity index (χ1n) is 7.72. The second kappa shape index (κ2) is 7.97. The van der Waals surface area contributed by atoms with Crippen LogP contribution in [0.4, 0.5) is 5.82 Å². The zero-order chi connectivity index (χ0) is 15.2. The number of halogens is 1. The van der Waals surface area contributed by atoms with Crippen molar-refractivity contribution in [2.75, 3.05) is 31.7 Å². The minimum Gasteiger partial charge on any atom is -0.383 e. The Morgan fingerprint density at radius 3 is 2.81 bits per heavy atom. The lowest BCUT2D eigenvalue weighted by Gasteiger charge is -2.26. The number of nitrogens with zero attached hydrogens (tertiary/aromatic N) is 2. The average molecular weight is 312 g/mol. The molecule has 1 aliphatic rings. The van der Waals surface area contributed by atoms with E-state index in [4.69, 9.17) is 16.3 Å². The van der Waals surface area contributed by atoms with E-state index >= 15 is 0 Å². The van der Waals surface area contributed by atoms with Crippen molar-refractivity contribution in [3.05, 3.63) is 22.8 Å². The van der Waals surface area contributed by atoms with Crippen molar-refractivity contribution in [3.8, 4) is 0 Å². The Hall–Kier alpha value is -0.840. The topological polar surface area (TPSA) is 37.4 Å². The third kappa shape index (κ3) is 5.46. The third-order valence-corrected chi connectivity index (χ3v) is 3.78. The number of nitrogens with one attached hydrogen (secondary N) is 1. The van der Waals surface area contributed by atoms with Gasteiger partial charge in [-0.15, -0.1) is 0 Å². The maximum Gasteiger partial charge on any atom is 0.147 e. The highest BCUT2D eigenvalue weighted by Gasteiger charge is 2.20. The number of hydrogen-bond donors (Lipinski definition) is 1. The summed E-state index contributed by atoms with van der Waals surface area (Å²) in [7, 11) is 1.72. The number of ether oxygens (including phenoxy) is 1. The number of methoxy groups -OCH3 is 1. The summed E-state index contributed by atoms with van der Waals surface area (Å²) < 4.78 is 5.19. The van der Waals surface area contributed by atoms with E-state index in [1.165, 1.54) is 12.8 Å². The van der Waals surface area contributed by atoms with Gasteiger partial charge in [-0.3, -0.25) is 0 Å². The van der Waals surface area contributed by atoms with Gasteiger partial charge in [0, 0.05) is 39.0 Å². The lowest BCUT2D eigenvalue weighted by molar-refractivity contribution is 0.204. The molecule has 118 valence electrons. The van der Waals surface area contributed by atoms with Crippen LogP contribution in [0.1, 0.15) is 32.3 Å². The van der Waals surface area contributed by atoms with Gasteiger partial charge in [0.05, 0.1) is 11.6 Å². The molecule has 5 heteroatoms. The van der Waals surface area contributed by atoms with Gasteiger partial charge < -0.3 is 15.0 Å². The van der Waals surface area contributed by atoms with Crippen molar-refractivity contribution in [1.82, 2.24) is 10.3 Å². The number of anilines is 1. The summed E-state index contributed by atoms with van der Waals surface area (Å²) in [5.74, 6) is 1.41. The van der Waals surface area contributed by atoms with Gasteiger partial charge in [0.1, 0.15) is 5.82 Å². The Balaban J connectivity index is 2.03. The normalized spacial score (nSPS) is 14.7. The molecule has 0 atom stereocenters. The summed E-state index contributed by atoms with van der Waals surface area (Å²) in [4.78, 5) is 6.78. The van der Waals surface area contributed by atoms with Crippen LogP contribution >= 0.6 is 11.6 Å². The first-order valence-corrected chi connectivity index (χ1v) is 8.09. The number of hydrogen-bond acceptors (Lipinski definition) is 4. The fraction of sp³-hybridized carbons (Fsp3) is 0.688. The maximum absolute atomic E-state index is 6.44. The Kier molecular flexibility index (Phi) is 6.27. The first kappa shape index (κ1) is 16.5. The molecule has 0 aliphatic heterocycles. The molecule has 1 fully saturated rings. The minimum atomic E-state index is 0.552. The van der Waals surface area contributed by atoms with Crippen molar-refractivity contribution in [2.45, 2.75) is 39.3 Å². The molecule has 0 spiro atoms. The van der Waals surface area contributed by atoms with E-state index < -0.39 is 0 Å². The van der Waals surface area contributed by atoms with Crippen molar-refractivity contribution in [3.63, 3.8) is 0 Å². The second-order valence-electron chi connectivity index (χ2n) is 6.14. The maximum atomic E-state index is 6.44. The van der Waals surface area contributed by atoms with Crippen LogP contribution < -0.4 is 10.2 Å². The van der Waals surface area contributed by atoms with Gasteiger partial charge in [-0.25, -0.2) is 4.98 Å². The fourth-order valence-electron chi connectivity index (χ4n) is 2.28. The van der Waals surface area contributed by atoms with Crippen molar-refractivity contribution < 1.29 is 4.74 Å². The molecule has 4 nitrogen and oxygen atoms in total. The molecule has 1 heterocycles. The van der Waals surface area contributed by atoms with Gasteiger partial charge >= 0.3 is 0 Å². The van der Waals surface area contributed by atoms with E-state index in [-0.39, 0.29) is 0 Å². The molecule has 1 aromatic rings. The molecule has 1 aliphatic carbocycles. The van der Waals surface area contributed by atoms with E-state index in [1.54, 1.807) is 7.11 Å². The van der Waals surface area contributed by atoms with Crippen LogP contribution in [0.25, 0.3) is 0 Å². The summed E-state index contributed by atoms with van der Waals surface area (Å²) in [5, 5.41) is 4.21. The van der Waals surface area contributed by atoms with Crippen LogP contribution in [-0.4, -0.2) is 37.8 Å². The molecule has 0 aromatic carbocycles. The Morgan fingerprint density at radius 1 is 1.48 bits per heavy atom. The molecule has 2 rings (SSSR count). The fourth-order valence-corrected chi connectivity index (χ4v) is 2.58. The third-order valence-electron chi connectivity index (χ3n) is 3.50. The van der Waals surface area contributed by atoms with Crippen molar-refractivity contribution in [1.29, 1.82) is 0 Å². The van der Waals surface area contributed by atoms with Crippen LogP contribution in [0.15, 0.2) is 12.3 Å². The van der Waals surface area contributed by atoms with E-state index in [0.29, 0.717) is 18.6 Å². The molecular formula is C16H26ClN3O.